The largest absolute Gasteiger partial charge is 0.493 e. The van der Waals surface area contributed by atoms with E-state index >= 15 is 0 Å². The van der Waals surface area contributed by atoms with Crippen LogP contribution in [-0.2, 0) is 0 Å². The molecule has 2 aromatic carbocycles. The van der Waals surface area contributed by atoms with E-state index < -0.39 is 6.09 Å². The first-order valence-electron chi connectivity index (χ1n) is 12.5. The Hall–Kier alpha value is -4.09. The molecule has 0 aliphatic carbocycles. The Morgan fingerprint density at radius 3 is 2.58 bits per heavy atom. The molecule has 1 amide bonds. The molecule has 0 saturated carbocycles. The number of carbonyl (C=O) groups is 1. The molecule has 3 aromatic rings. The summed E-state index contributed by atoms with van der Waals surface area (Å²) < 4.78 is 17.2. The monoisotopic (exact) mass is 522 g/mol. The van der Waals surface area contributed by atoms with E-state index in [2.05, 4.69) is 32.1 Å². The van der Waals surface area contributed by atoms with Crippen LogP contribution in [0, 0.1) is 0 Å². The molecule has 0 radical (unpaired) electrons. The second-order valence-corrected chi connectivity index (χ2v) is 8.74. The maximum Gasteiger partial charge on any atom is 0.417 e. The van der Waals surface area contributed by atoms with Crippen molar-refractivity contribution in [2.75, 3.05) is 70.3 Å². The molecule has 11 heteroatoms. The van der Waals surface area contributed by atoms with Gasteiger partial charge in [-0.15, -0.1) is 0 Å². The Bertz CT molecular complexity index is 1220. The number of anilines is 4. The summed E-state index contributed by atoms with van der Waals surface area (Å²) in [4.78, 5) is 26.7. The number of amides is 1. The summed E-state index contributed by atoms with van der Waals surface area (Å²) in [5.74, 6) is 2.07. The van der Waals surface area contributed by atoms with Crippen molar-refractivity contribution in [3.63, 3.8) is 0 Å². The number of benzene rings is 2. The number of para-hydroxylation sites is 2. The van der Waals surface area contributed by atoms with Gasteiger partial charge in [-0.1, -0.05) is 12.1 Å². The molecule has 1 aliphatic rings. The van der Waals surface area contributed by atoms with Crippen LogP contribution < -0.4 is 24.4 Å². The van der Waals surface area contributed by atoms with Gasteiger partial charge in [0.2, 0.25) is 5.95 Å². The van der Waals surface area contributed by atoms with E-state index in [1.807, 2.05) is 19.1 Å². The predicted octanol–water partition coefficient (Wildman–Crippen LogP) is 4.07. The standard InChI is InChI=1S/C27H34N6O5/c1-4-37-22-8-6-5-7-21(22)33(27(34)35)25-11-12-28-26(30-25)29-20-9-10-23(24(19-20)36-3)38-18-17-32-15-13-31(2)14-16-32/h5-12,19H,4,13-18H2,1-3H3,(H,34,35)(H,28,29,30). The fourth-order valence-electron chi connectivity index (χ4n) is 4.13. The van der Waals surface area contributed by atoms with Gasteiger partial charge < -0.3 is 29.5 Å². The van der Waals surface area contributed by atoms with Crippen LogP contribution in [0.15, 0.2) is 54.7 Å². The summed E-state index contributed by atoms with van der Waals surface area (Å²) in [5.41, 5.74) is 1.04. The highest BCUT2D eigenvalue weighted by molar-refractivity contribution is 5.95. The molecule has 1 aliphatic heterocycles. The van der Waals surface area contributed by atoms with Crippen molar-refractivity contribution in [2.24, 2.45) is 0 Å². The molecule has 2 heterocycles. The van der Waals surface area contributed by atoms with E-state index in [4.69, 9.17) is 14.2 Å². The van der Waals surface area contributed by atoms with Crippen LogP contribution in [0.3, 0.4) is 0 Å². The highest BCUT2D eigenvalue weighted by Gasteiger charge is 2.22. The third-order valence-corrected chi connectivity index (χ3v) is 6.15. The smallest absolute Gasteiger partial charge is 0.417 e. The number of rotatable bonds is 11. The first-order chi connectivity index (χ1) is 18.5. The zero-order valence-corrected chi connectivity index (χ0v) is 22.0. The fourth-order valence-corrected chi connectivity index (χ4v) is 4.13. The Labute approximate surface area is 222 Å². The van der Waals surface area contributed by atoms with E-state index in [0.29, 0.717) is 41.8 Å². The van der Waals surface area contributed by atoms with Gasteiger partial charge in [0.05, 0.1) is 19.4 Å². The molecule has 4 rings (SSSR count). The van der Waals surface area contributed by atoms with Gasteiger partial charge in [0.15, 0.2) is 11.5 Å². The summed E-state index contributed by atoms with van der Waals surface area (Å²) in [5, 5.41) is 13.1. The van der Waals surface area contributed by atoms with Gasteiger partial charge in [0.1, 0.15) is 18.2 Å². The molecule has 202 valence electrons. The first-order valence-corrected chi connectivity index (χ1v) is 12.5. The van der Waals surface area contributed by atoms with Gasteiger partial charge in [-0.2, -0.15) is 4.98 Å². The van der Waals surface area contributed by atoms with Gasteiger partial charge in [0, 0.05) is 56.7 Å². The van der Waals surface area contributed by atoms with Gasteiger partial charge in [0.25, 0.3) is 0 Å². The quantitative estimate of drug-likeness (QED) is 0.382. The molecule has 0 spiro atoms. The van der Waals surface area contributed by atoms with Crippen molar-refractivity contribution in [3.8, 4) is 17.2 Å². The lowest BCUT2D eigenvalue weighted by molar-refractivity contribution is 0.133. The summed E-state index contributed by atoms with van der Waals surface area (Å²) in [6.45, 7) is 7.86. The summed E-state index contributed by atoms with van der Waals surface area (Å²) in [6, 6.07) is 13.9. The summed E-state index contributed by atoms with van der Waals surface area (Å²) >= 11 is 0. The summed E-state index contributed by atoms with van der Waals surface area (Å²) in [6.07, 6.45) is 0.304. The average Bonchev–Trinajstić information content (AvgIpc) is 2.92. The van der Waals surface area contributed by atoms with Gasteiger partial charge in [-0.05, 0) is 38.2 Å². The number of piperazine rings is 1. The third-order valence-electron chi connectivity index (χ3n) is 6.15. The van der Waals surface area contributed by atoms with Gasteiger partial charge in [-0.3, -0.25) is 4.90 Å². The molecule has 1 fully saturated rings. The molecular weight excluding hydrogens is 488 g/mol. The van der Waals surface area contributed by atoms with Crippen LogP contribution in [-0.4, -0.2) is 91.1 Å². The van der Waals surface area contributed by atoms with Crippen LogP contribution in [0.5, 0.6) is 17.2 Å². The fraction of sp³-hybridized carbons (Fsp3) is 0.370. The molecule has 38 heavy (non-hydrogen) atoms. The minimum Gasteiger partial charge on any atom is -0.493 e. The van der Waals surface area contributed by atoms with Crippen molar-refractivity contribution in [1.29, 1.82) is 0 Å². The highest BCUT2D eigenvalue weighted by Crippen LogP contribution is 2.34. The number of hydrogen-bond acceptors (Lipinski definition) is 9. The normalized spacial score (nSPS) is 14.1. The lowest BCUT2D eigenvalue weighted by Gasteiger charge is -2.32. The van der Waals surface area contributed by atoms with Crippen molar-refractivity contribution < 1.29 is 24.1 Å². The number of methoxy groups -OCH3 is 1. The molecule has 0 unspecified atom stereocenters. The molecule has 1 saturated heterocycles. The number of hydrogen-bond donors (Lipinski definition) is 2. The zero-order chi connectivity index (χ0) is 26.9. The number of aromatic nitrogens is 2. The molecule has 1 aromatic heterocycles. The van der Waals surface area contributed by atoms with Gasteiger partial charge in [-0.25, -0.2) is 14.7 Å². The van der Waals surface area contributed by atoms with E-state index in [1.54, 1.807) is 37.4 Å². The Morgan fingerprint density at radius 1 is 1.05 bits per heavy atom. The minimum absolute atomic E-state index is 0.179. The predicted molar refractivity (Wildman–Crippen MR) is 146 cm³/mol. The van der Waals surface area contributed by atoms with Crippen molar-refractivity contribution in [3.05, 3.63) is 54.7 Å². The lowest BCUT2D eigenvalue weighted by Crippen LogP contribution is -2.45. The molecule has 11 nitrogen and oxygen atoms in total. The first kappa shape index (κ1) is 27.0. The number of carboxylic acid groups (broad SMARTS) is 1. The van der Waals surface area contributed by atoms with Gasteiger partial charge >= 0.3 is 6.09 Å². The number of ether oxygens (including phenoxy) is 3. The van der Waals surface area contributed by atoms with E-state index in [-0.39, 0.29) is 11.8 Å². The average molecular weight is 523 g/mol. The van der Waals surface area contributed by atoms with Crippen molar-refractivity contribution in [1.82, 2.24) is 19.8 Å². The number of nitrogens with zero attached hydrogens (tertiary/aromatic N) is 5. The third kappa shape index (κ3) is 6.81. The molecule has 0 atom stereocenters. The van der Waals surface area contributed by atoms with E-state index in [9.17, 15) is 9.90 Å². The molecule has 0 bridgehead atoms. The number of likely N-dealkylation sites (N-methyl/N-ethyl adjacent to an activating group) is 1. The van der Waals surface area contributed by atoms with Crippen LogP contribution in [0.25, 0.3) is 0 Å². The van der Waals surface area contributed by atoms with Crippen molar-refractivity contribution in [2.45, 2.75) is 6.92 Å². The Balaban J connectivity index is 1.46. The number of nitrogens with one attached hydrogen (secondary N) is 1. The van der Waals surface area contributed by atoms with Crippen molar-refractivity contribution >= 4 is 29.2 Å². The second-order valence-electron chi connectivity index (χ2n) is 8.74. The topological polar surface area (TPSA) is 113 Å². The molecule has 2 N–H and O–H groups in total. The van der Waals surface area contributed by atoms with Crippen LogP contribution in [0.4, 0.5) is 27.9 Å². The Morgan fingerprint density at radius 2 is 1.84 bits per heavy atom. The van der Waals surface area contributed by atoms with E-state index in [1.165, 1.54) is 12.3 Å². The maximum atomic E-state index is 12.2. The van der Waals surface area contributed by atoms with E-state index in [0.717, 1.165) is 37.6 Å². The summed E-state index contributed by atoms with van der Waals surface area (Å²) in [7, 11) is 3.73. The minimum atomic E-state index is -1.19. The zero-order valence-electron chi connectivity index (χ0n) is 22.0. The van der Waals surface area contributed by atoms with Crippen LogP contribution >= 0.6 is 0 Å². The SMILES string of the molecule is CCOc1ccccc1N(C(=O)O)c1ccnc(Nc2ccc(OCCN3CCN(C)CC3)c(OC)c2)n1. The lowest BCUT2D eigenvalue weighted by atomic mass is 10.2. The second kappa shape index (κ2) is 12.9. The maximum absolute atomic E-state index is 12.2. The highest BCUT2D eigenvalue weighted by atomic mass is 16.5. The molecular formula is C27H34N6O5. The van der Waals surface area contributed by atoms with Crippen LogP contribution in [0.1, 0.15) is 6.92 Å². The van der Waals surface area contributed by atoms with Crippen LogP contribution in [0.2, 0.25) is 0 Å². The Kier molecular flexibility index (Phi) is 9.17.